The zero-order chi connectivity index (χ0) is 13.3. The van der Waals surface area contributed by atoms with Gasteiger partial charge in [0.25, 0.3) is 0 Å². The molecule has 3 nitrogen and oxygen atoms in total. The van der Waals surface area contributed by atoms with Gasteiger partial charge in [0.2, 0.25) is 0 Å². The van der Waals surface area contributed by atoms with E-state index in [1.165, 1.54) is 0 Å². The monoisotopic (exact) mass is 274 g/mol. The van der Waals surface area contributed by atoms with Crippen LogP contribution in [0, 0.1) is 0 Å². The molecule has 0 radical (unpaired) electrons. The Morgan fingerprint density at radius 1 is 1.37 bits per heavy atom. The lowest BCUT2D eigenvalue weighted by Crippen LogP contribution is -2.19. The quantitative estimate of drug-likeness (QED) is 0.934. The van der Waals surface area contributed by atoms with E-state index in [2.05, 4.69) is 36.6 Å². The van der Waals surface area contributed by atoms with Crippen molar-refractivity contribution in [3.63, 3.8) is 0 Å². The molecule has 0 spiro atoms. The number of hydrogen-bond acceptors (Lipinski definition) is 4. The Labute approximate surface area is 117 Å². The Kier molecular flexibility index (Phi) is 3.39. The number of aromatic nitrogens is 1. The van der Waals surface area contributed by atoms with E-state index in [0.717, 1.165) is 41.3 Å². The standard InChI is InChI=1S/C15H18N2OS/c1-15(7-2-8-18-15)14-17-13(10-19-14)12-5-3-11(9-16)4-6-12/h3-6,10H,2,7-9,16H2,1H3. The fourth-order valence-corrected chi connectivity index (χ4v) is 3.38. The lowest BCUT2D eigenvalue weighted by molar-refractivity contribution is 0.0167. The molecule has 3 rings (SSSR count). The average molecular weight is 274 g/mol. The summed E-state index contributed by atoms with van der Waals surface area (Å²) in [5.74, 6) is 0. The first-order valence-corrected chi connectivity index (χ1v) is 7.48. The van der Waals surface area contributed by atoms with Gasteiger partial charge >= 0.3 is 0 Å². The topological polar surface area (TPSA) is 48.1 Å². The lowest BCUT2D eigenvalue weighted by Gasteiger charge is -2.19. The normalized spacial score (nSPS) is 22.8. The molecule has 1 saturated heterocycles. The zero-order valence-corrected chi connectivity index (χ0v) is 11.9. The molecule has 19 heavy (non-hydrogen) atoms. The Hall–Kier alpha value is -1.23. The van der Waals surface area contributed by atoms with Crippen LogP contribution in [0.15, 0.2) is 29.6 Å². The van der Waals surface area contributed by atoms with Gasteiger partial charge in [-0.3, -0.25) is 0 Å². The molecule has 1 aliphatic rings. The smallest absolute Gasteiger partial charge is 0.125 e. The number of benzene rings is 1. The molecular formula is C15H18N2OS. The van der Waals surface area contributed by atoms with E-state index in [0.29, 0.717) is 6.54 Å². The second-order valence-electron chi connectivity index (χ2n) is 5.12. The van der Waals surface area contributed by atoms with Crippen LogP contribution in [0.25, 0.3) is 11.3 Å². The number of nitrogens with zero attached hydrogens (tertiary/aromatic N) is 1. The number of hydrogen-bond donors (Lipinski definition) is 1. The largest absolute Gasteiger partial charge is 0.368 e. The average Bonchev–Trinajstić information content (AvgIpc) is 3.08. The molecule has 1 aromatic carbocycles. The van der Waals surface area contributed by atoms with Crippen molar-refractivity contribution in [2.45, 2.75) is 31.9 Å². The maximum atomic E-state index is 5.84. The Morgan fingerprint density at radius 2 is 2.16 bits per heavy atom. The van der Waals surface area contributed by atoms with Gasteiger partial charge in [-0.1, -0.05) is 24.3 Å². The van der Waals surface area contributed by atoms with Gasteiger partial charge in [0.05, 0.1) is 5.69 Å². The first kappa shape index (κ1) is 12.8. The van der Waals surface area contributed by atoms with Gasteiger partial charge in [-0.05, 0) is 25.3 Å². The molecular weight excluding hydrogens is 256 g/mol. The molecule has 2 aromatic rings. The van der Waals surface area contributed by atoms with E-state index in [1.807, 2.05) is 0 Å². The molecule has 1 aromatic heterocycles. The van der Waals surface area contributed by atoms with Gasteiger partial charge < -0.3 is 10.5 Å². The van der Waals surface area contributed by atoms with Crippen molar-refractivity contribution in [3.8, 4) is 11.3 Å². The Balaban J connectivity index is 1.87. The van der Waals surface area contributed by atoms with Crippen molar-refractivity contribution < 1.29 is 4.74 Å². The summed E-state index contributed by atoms with van der Waals surface area (Å²) in [6, 6.07) is 8.28. The van der Waals surface area contributed by atoms with Crippen molar-refractivity contribution >= 4 is 11.3 Å². The van der Waals surface area contributed by atoms with Crippen LogP contribution in [0.4, 0.5) is 0 Å². The summed E-state index contributed by atoms with van der Waals surface area (Å²) in [7, 11) is 0. The molecule has 1 unspecified atom stereocenters. The summed E-state index contributed by atoms with van der Waals surface area (Å²) < 4.78 is 5.84. The first-order valence-electron chi connectivity index (χ1n) is 6.61. The van der Waals surface area contributed by atoms with Crippen LogP contribution in [0.2, 0.25) is 0 Å². The number of nitrogens with two attached hydrogens (primary N) is 1. The summed E-state index contributed by atoms with van der Waals surface area (Å²) in [5, 5.41) is 3.20. The maximum Gasteiger partial charge on any atom is 0.125 e. The molecule has 2 N–H and O–H groups in total. The van der Waals surface area contributed by atoms with E-state index in [1.54, 1.807) is 11.3 Å². The summed E-state index contributed by atoms with van der Waals surface area (Å²) in [6.45, 7) is 3.56. The van der Waals surface area contributed by atoms with Crippen LogP contribution < -0.4 is 5.73 Å². The van der Waals surface area contributed by atoms with Crippen molar-refractivity contribution in [2.75, 3.05) is 6.61 Å². The third-order valence-electron chi connectivity index (χ3n) is 3.66. The van der Waals surface area contributed by atoms with Crippen LogP contribution >= 0.6 is 11.3 Å². The summed E-state index contributed by atoms with van der Waals surface area (Å²) >= 11 is 1.69. The van der Waals surface area contributed by atoms with E-state index in [4.69, 9.17) is 15.5 Å². The molecule has 0 bridgehead atoms. The van der Waals surface area contributed by atoms with E-state index in [9.17, 15) is 0 Å². The van der Waals surface area contributed by atoms with Gasteiger partial charge in [-0.15, -0.1) is 11.3 Å². The molecule has 100 valence electrons. The zero-order valence-electron chi connectivity index (χ0n) is 11.1. The van der Waals surface area contributed by atoms with E-state index in [-0.39, 0.29) is 5.60 Å². The number of thiazole rings is 1. The highest BCUT2D eigenvalue weighted by Crippen LogP contribution is 2.38. The summed E-state index contributed by atoms with van der Waals surface area (Å²) in [6.07, 6.45) is 2.18. The van der Waals surface area contributed by atoms with Crippen LogP contribution in [-0.4, -0.2) is 11.6 Å². The second kappa shape index (κ2) is 5.04. The molecule has 2 heterocycles. The van der Waals surface area contributed by atoms with E-state index >= 15 is 0 Å². The predicted octanol–water partition coefficient (Wildman–Crippen LogP) is 3.29. The van der Waals surface area contributed by atoms with E-state index < -0.39 is 0 Å². The maximum absolute atomic E-state index is 5.84. The summed E-state index contributed by atoms with van der Waals surface area (Å²) in [4.78, 5) is 4.75. The molecule has 0 amide bonds. The van der Waals surface area contributed by atoms with Crippen molar-refractivity contribution in [1.29, 1.82) is 0 Å². The molecule has 0 saturated carbocycles. The van der Waals surface area contributed by atoms with Gasteiger partial charge in [-0.2, -0.15) is 0 Å². The highest BCUT2D eigenvalue weighted by atomic mass is 32.1. The highest BCUT2D eigenvalue weighted by Gasteiger charge is 2.34. The molecule has 4 heteroatoms. The minimum Gasteiger partial charge on any atom is -0.368 e. The van der Waals surface area contributed by atoms with Gasteiger partial charge in [-0.25, -0.2) is 4.98 Å². The Morgan fingerprint density at radius 3 is 2.79 bits per heavy atom. The number of ether oxygens (including phenoxy) is 1. The lowest BCUT2D eigenvalue weighted by atomic mass is 10.0. The van der Waals surface area contributed by atoms with Crippen molar-refractivity contribution in [3.05, 3.63) is 40.2 Å². The number of rotatable bonds is 3. The van der Waals surface area contributed by atoms with Crippen LogP contribution in [-0.2, 0) is 16.9 Å². The molecule has 1 aliphatic heterocycles. The van der Waals surface area contributed by atoms with Crippen LogP contribution in [0.5, 0.6) is 0 Å². The molecule has 0 aliphatic carbocycles. The third-order valence-corrected chi connectivity index (χ3v) is 4.75. The summed E-state index contributed by atoms with van der Waals surface area (Å²) in [5.41, 5.74) is 8.74. The third kappa shape index (κ3) is 2.43. The first-order chi connectivity index (χ1) is 9.21. The van der Waals surface area contributed by atoms with Crippen molar-refractivity contribution in [2.24, 2.45) is 5.73 Å². The second-order valence-corrected chi connectivity index (χ2v) is 5.98. The fraction of sp³-hybridized carbons (Fsp3) is 0.400. The SMILES string of the molecule is CC1(c2nc(-c3ccc(CN)cc3)cs2)CCCO1. The Bertz CT molecular complexity index is 556. The molecule has 1 atom stereocenters. The van der Waals surface area contributed by atoms with Gasteiger partial charge in [0.15, 0.2) is 0 Å². The van der Waals surface area contributed by atoms with Crippen molar-refractivity contribution in [1.82, 2.24) is 4.98 Å². The van der Waals surface area contributed by atoms with Gasteiger partial charge in [0.1, 0.15) is 10.6 Å². The highest BCUT2D eigenvalue weighted by molar-refractivity contribution is 7.10. The van der Waals surface area contributed by atoms with Gasteiger partial charge in [0, 0.05) is 24.1 Å². The van der Waals surface area contributed by atoms with Crippen LogP contribution in [0.1, 0.15) is 30.3 Å². The van der Waals surface area contributed by atoms with Crippen LogP contribution in [0.3, 0.4) is 0 Å². The predicted molar refractivity (Wildman–Crippen MR) is 78.0 cm³/mol. The minimum atomic E-state index is -0.180. The fourth-order valence-electron chi connectivity index (χ4n) is 2.41. The minimum absolute atomic E-state index is 0.180. The molecule has 1 fully saturated rings.